The van der Waals surface area contributed by atoms with Gasteiger partial charge in [-0.2, -0.15) is 0 Å². The maximum atomic E-state index is 13.0. The summed E-state index contributed by atoms with van der Waals surface area (Å²) in [5.74, 6) is -0.508. The summed E-state index contributed by atoms with van der Waals surface area (Å²) in [7, 11) is 0. The highest BCUT2D eigenvalue weighted by Gasteiger charge is 2.31. The second-order valence-electron chi connectivity index (χ2n) is 4.41. The Kier molecular flexibility index (Phi) is 2.74. The van der Waals surface area contributed by atoms with Crippen LogP contribution in [0.4, 0.5) is 8.78 Å². The molecule has 0 aliphatic heterocycles. The fourth-order valence-corrected chi connectivity index (χ4v) is 2.46. The first-order valence-electron chi connectivity index (χ1n) is 5.29. The first kappa shape index (κ1) is 10.6. The first-order chi connectivity index (χ1) is 7.08. The molecule has 2 rings (SSSR count). The SMILES string of the molecule is CC1C(N)CCC1c1cc(F)cc(F)c1. The Morgan fingerprint density at radius 3 is 2.20 bits per heavy atom. The zero-order valence-corrected chi connectivity index (χ0v) is 8.71. The summed E-state index contributed by atoms with van der Waals surface area (Å²) in [4.78, 5) is 0. The van der Waals surface area contributed by atoms with Crippen LogP contribution in [-0.4, -0.2) is 6.04 Å². The molecule has 1 aromatic carbocycles. The van der Waals surface area contributed by atoms with Gasteiger partial charge in [-0.15, -0.1) is 0 Å². The van der Waals surface area contributed by atoms with Crippen molar-refractivity contribution in [2.24, 2.45) is 11.7 Å². The van der Waals surface area contributed by atoms with Gasteiger partial charge in [0.1, 0.15) is 11.6 Å². The molecule has 0 saturated heterocycles. The Hall–Kier alpha value is -0.960. The van der Waals surface area contributed by atoms with Gasteiger partial charge in [0, 0.05) is 12.1 Å². The molecule has 1 aromatic rings. The second-order valence-corrected chi connectivity index (χ2v) is 4.41. The van der Waals surface area contributed by atoms with Gasteiger partial charge in [-0.3, -0.25) is 0 Å². The summed E-state index contributed by atoms with van der Waals surface area (Å²) in [6.07, 6.45) is 1.86. The maximum absolute atomic E-state index is 13.0. The summed E-state index contributed by atoms with van der Waals surface area (Å²) in [5.41, 5.74) is 6.64. The van der Waals surface area contributed by atoms with Gasteiger partial charge < -0.3 is 5.73 Å². The van der Waals surface area contributed by atoms with Crippen LogP contribution < -0.4 is 5.73 Å². The number of nitrogens with two attached hydrogens (primary N) is 1. The number of halogens is 2. The molecular formula is C12H15F2N. The van der Waals surface area contributed by atoms with Gasteiger partial charge in [-0.05, 0) is 42.4 Å². The van der Waals surface area contributed by atoms with Crippen molar-refractivity contribution in [3.8, 4) is 0 Å². The molecule has 0 radical (unpaired) electrons. The van der Waals surface area contributed by atoms with E-state index in [1.54, 1.807) is 0 Å². The molecule has 2 N–H and O–H groups in total. The Bertz CT molecular complexity index is 344. The topological polar surface area (TPSA) is 26.0 Å². The number of hydrogen-bond donors (Lipinski definition) is 1. The molecular weight excluding hydrogens is 196 g/mol. The van der Waals surface area contributed by atoms with Crippen LogP contribution in [0.1, 0.15) is 31.2 Å². The van der Waals surface area contributed by atoms with Crippen LogP contribution in [0.2, 0.25) is 0 Å². The Morgan fingerprint density at radius 2 is 1.73 bits per heavy atom. The van der Waals surface area contributed by atoms with Gasteiger partial charge in [-0.25, -0.2) is 8.78 Å². The van der Waals surface area contributed by atoms with E-state index in [2.05, 4.69) is 0 Å². The molecule has 1 aliphatic carbocycles. The van der Waals surface area contributed by atoms with Crippen molar-refractivity contribution < 1.29 is 8.78 Å². The van der Waals surface area contributed by atoms with Crippen LogP contribution in [0.5, 0.6) is 0 Å². The average molecular weight is 211 g/mol. The van der Waals surface area contributed by atoms with E-state index in [9.17, 15) is 8.78 Å². The lowest BCUT2D eigenvalue weighted by atomic mass is 9.89. The molecule has 3 heteroatoms. The largest absolute Gasteiger partial charge is 0.327 e. The molecule has 1 saturated carbocycles. The standard InChI is InChI=1S/C12H15F2N/c1-7-11(2-3-12(7)15)8-4-9(13)6-10(14)5-8/h4-7,11-12H,2-3,15H2,1H3. The molecule has 0 spiro atoms. The van der Waals surface area contributed by atoms with E-state index in [0.717, 1.165) is 24.5 Å². The smallest absolute Gasteiger partial charge is 0.126 e. The minimum atomic E-state index is -0.502. The molecule has 1 aliphatic rings. The van der Waals surface area contributed by atoms with Crippen molar-refractivity contribution in [1.29, 1.82) is 0 Å². The zero-order chi connectivity index (χ0) is 11.0. The fraction of sp³-hybridized carbons (Fsp3) is 0.500. The lowest BCUT2D eigenvalue weighted by molar-refractivity contribution is 0.474. The van der Waals surface area contributed by atoms with E-state index < -0.39 is 11.6 Å². The van der Waals surface area contributed by atoms with Crippen molar-refractivity contribution in [2.75, 3.05) is 0 Å². The highest BCUT2D eigenvalue weighted by molar-refractivity contribution is 5.24. The van der Waals surface area contributed by atoms with Crippen molar-refractivity contribution in [3.63, 3.8) is 0 Å². The molecule has 0 amide bonds. The molecule has 1 nitrogen and oxygen atoms in total. The van der Waals surface area contributed by atoms with Gasteiger partial charge in [-0.1, -0.05) is 6.92 Å². The van der Waals surface area contributed by atoms with E-state index in [1.165, 1.54) is 12.1 Å². The quantitative estimate of drug-likeness (QED) is 0.759. The van der Waals surface area contributed by atoms with Crippen LogP contribution in [0, 0.1) is 17.6 Å². The lowest BCUT2D eigenvalue weighted by Crippen LogP contribution is -2.24. The normalized spacial score (nSPS) is 30.8. The molecule has 82 valence electrons. The summed E-state index contributed by atoms with van der Waals surface area (Å²) in [6, 6.07) is 3.90. The predicted octanol–water partition coefficient (Wildman–Crippen LogP) is 2.81. The minimum Gasteiger partial charge on any atom is -0.327 e. The van der Waals surface area contributed by atoms with E-state index in [0.29, 0.717) is 5.92 Å². The van der Waals surface area contributed by atoms with Crippen molar-refractivity contribution in [2.45, 2.75) is 31.7 Å². The van der Waals surface area contributed by atoms with Crippen LogP contribution in [0.25, 0.3) is 0 Å². The number of hydrogen-bond acceptors (Lipinski definition) is 1. The van der Waals surface area contributed by atoms with E-state index in [1.807, 2.05) is 6.92 Å². The van der Waals surface area contributed by atoms with Crippen LogP contribution in [0.3, 0.4) is 0 Å². The molecule has 1 fully saturated rings. The molecule has 15 heavy (non-hydrogen) atoms. The van der Waals surface area contributed by atoms with Crippen molar-refractivity contribution >= 4 is 0 Å². The third-order valence-electron chi connectivity index (χ3n) is 3.43. The van der Waals surface area contributed by atoms with Crippen molar-refractivity contribution in [3.05, 3.63) is 35.4 Å². The van der Waals surface area contributed by atoms with Gasteiger partial charge in [0.2, 0.25) is 0 Å². The van der Waals surface area contributed by atoms with E-state index in [-0.39, 0.29) is 12.0 Å². The molecule has 0 aromatic heterocycles. The monoisotopic (exact) mass is 211 g/mol. The van der Waals surface area contributed by atoms with Crippen LogP contribution in [-0.2, 0) is 0 Å². The fourth-order valence-electron chi connectivity index (χ4n) is 2.46. The summed E-state index contributed by atoms with van der Waals surface area (Å²) < 4.78 is 26.1. The van der Waals surface area contributed by atoms with E-state index >= 15 is 0 Å². The molecule has 0 heterocycles. The van der Waals surface area contributed by atoms with Crippen molar-refractivity contribution in [1.82, 2.24) is 0 Å². The Morgan fingerprint density at radius 1 is 1.13 bits per heavy atom. The number of benzene rings is 1. The first-order valence-corrected chi connectivity index (χ1v) is 5.29. The van der Waals surface area contributed by atoms with Gasteiger partial charge >= 0.3 is 0 Å². The molecule has 0 bridgehead atoms. The van der Waals surface area contributed by atoms with E-state index in [4.69, 9.17) is 5.73 Å². The van der Waals surface area contributed by atoms with Crippen LogP contribution >= 0.6 is 0 Å². The molecule has 3 unspecified atom stereocenters. The Balaban J connectivity index is 2.30. The maximum Gasteiger partial charge on any atom is 0.126 e. The Labute approximate surface area is 88.3 Å². The van der Waals surface area contributed by atoms with Gasteiger partial charge in [0.15, 0.2) is 0 Å². The highest BCUT2D eigenvalue weighted by atomic mass is 19.1. The third-order valence-corrected chi connectivity index (χ3v) is 3.43. The average Bonchev–Trinajstić information content (AvgIpc) is 2.46. The summed E-state index contributed by atoms with van der Waals surface area (Å²) in [6.45, 7) is 2.05. The predicted molar refractivity (Wildman–Crippen MR) is 55.5 cm³/mol. The summed E-state index contributed by atoms with van der Waals surface area (Å²) >= 11 is 0. The summed E-state index contributed by atoms with van der Waals surface area (Å²) in [5, 5.41) is 0. The zero-order valence-electron chi connectivity index (χ0n) is 8.71. The lowest BCUT2D eigenvalue weighted by Gasteiger charge is -2.18. The molecule has 3 atom stereocenters. The van der Waals surface area contributed by atoms with Gasteiger partial charge in [0.05, 0.1) is 0 Å². The minimum absolute atomic E-state index is 0.154. The second kappa shape index (κ2) is 3.89. The third kappa shape index (κ3) is 2.02. The van der Waals surface area contributed by atoms with Gasteiger partial charge in [0.25, 0.3) is 0 Å². The van der Waals surface area contributed by atoms with Crippen LogP contribution in [0.15, 0.2) is 18.2 Å². The number of rotatable bonds is 1. The highest BCUT2D eigenvalue weighted by Crippen LogP contribution is 2.38.